The number of rotatable bonds is 1. The third-order valence-electron chi connectivity index (χ3n) is 3.76. The van der Waals surface area contributed by atoms with E-state index < -0.39 is 0 Å². The number of nitrogens with zero attached hydrogens (tertiary/aromatic N) is 3. The van der Waals surface area contributed by atoms with Gasteiger partial charge < -0.3 is 0 Å². The summed E-state index contributed by atoms with van der Waals surface area (Å²) in [7, 11) is 0. The van der Waals surface area contributed by atoms with Crippen molar-refractivity contribution in [2.75, 3.05) is 0 Å². The van der Waals surface area contributed by atoms with E-state index in [-0.39, 0.29) is 11.0 Å². The molecule has 2 rings (SSSR count). The van der Waals surface area contributed by atoms with Gasteiger partial charge in [-0.3, -0.25) is 4.57 Å². The van der Waals surface area contributed by atoms with Crippen LogP contribution in [0, 0.1) is 0 Å². The molecule has 0 radical (unpaired) electrons. The standard InChI is InChI=1S/C13H22ClN3/c1-12(2,3)10-15-16-11(14)17(10)13(4)8-6-5-7-9-13/h5-9H2,1-4H3. The third kappa shape index (κ3) is 2.35. The Kier molecular flexibility index (Phi) is 3.23. The molecule has 17 heavy (non-hydrogen) atoms. The Hall–Kier alpha value is -0.570. The van der Waals surface area contributed by atoms with Crippen molar-refractivity contribution in [2.24, 2.45) is 0 Å². The molecule has 3 nitrogen and oxygen atoms in total. The Labute approximate surface area is 109 Å². The maximum Gasteiger partial charge on any atom is 0.225 e. The Balaban J connectivity index is 2.46. The van der Waals surface area contributed by atoms with Gasteiger partial charge in [0.1, 0.15) is 5.82 Å². The highest BCUT2D eigenvalue weighted by atomic mass is 35.5. The van der Waals surface area contributed by atoms with Crippen molar-refractivity contribution in [3.8, 4) is 0 Å². The van der Waals surface area contributed by atoms with Crippen molar-refractivity contribution in [3.63, 3.8) is 0 Å². The maximum atomic E-state index is 6.26. The molecule has 1 aromatic heterocycles. The maximum absolute atomic E-state index is 6.26. The average Bonchev–Trinajstić information content (AvgIpc) is 2.61. The summed E-state index contributed by atoms with van der Waals surface area (Å²) in [6.45, 7) is 8.78. The molecule has 1 saturated carbocycles. The minimum Gasteiger partial charge on any atom is -0.295 e. The molecular formula is C13H22ClN3. The first-order chi connectivity index (χ1) is 7.84. The zero-order valence-electron chi connectivity index (χ0n) is 11.3. The fourth-order valence-electron chi connectivity index (χ4n) is 2.77. The first-order valence-corrected chi connectivity index (χ1v) is 6.84. The summed E-state index contributed by atoms with van der Waals surface area (Å²) in [4.78, 5) is 0. The van der Waals surface area contributed by atoms with E-state index in [4.69, 9.17) is 11.6 Å². The lowest BCUT2D eigenvalue weighted by molar-refractivity contribution is 0.205. The van der Waals surface area contributed by atoms with E-state index in [9.17, 15) is 0 Å². The van der Waals surface area contributed by atoms with Crippen LogP contribution in [0.2, 0.25) is 5.28 Å². The van der Waals surface area contributed by atoms with Crippen LogP contribution in [-0.2, 0) is 11.0 Å². The van der Waals surface area contributed by atoms with Crippen molar-refractivity contribution in [1.29, 1.82) is 0 Å². The second-order valence-corrected chi connectivity index (χ2v) is 6.77. The quantitative estimate of drug-likeness (QED) is 0.762. The number of hydrogen-bond acceptors (Lipinski definition) is 2. The van der Waals surface area contributed by atoms with E-state index in [0.717, 1.165) is 5.82 Å². The molecule has 0 aromatic carbocycles. The van der Waals surface area contributed by atoms with E-state index >= 15 is 0 Å². The van der Waals surface area contributed by atoms with Gasteiger partial charge in [-0.25, -0.2) is 0 Å². The van der Waals surface area contributed by atoms with Crippen LogP contribution in [0.15, 0.2) is 0 Å². The first kappa shape index (κ1) is 12.9. The predicted octanol–water partition coefficient (Wildman–Crippen LogP) is 3.91. The summed E-state index contributed by atoms with van der Waals surface area (Å²) in [6.07, 6.45) is 6.23. The molecule has 0 spiro atoms. The van der Waals surface area contributed by atoms with Crippen LogP contribution in [0.25, 0.3) is 0 Å². The van der Waals surface area contributed by atoms with Crippen molar-refractivity contribution >= 4 is 11.6 Å². The summed E-state index contributed by atoms with van der Waals surface area (Å²) >= 11 is 6.26. The van der Waals surface area contributed by atoms with E-state index in [1.54, 1.807) is 0 Å². The fourth-order valence-corrected chi connectivity index (χ4v) is 3.09. The third-order valence-corrected chi connectivity index (χ3v) is 4.01. The molecule has 1 aliphatic rings. The summed E-state index contributed by atoms with van der Waals surface area (Å²) in [5, 5.41) is 8.91. The molecule has 1 aliphatic carbocycles. The lowest BCUT2D eigenvalue weighted by Crippen LogP contribution is -2.36. The minimum absolute atomic E-state index is 0.0133. The molecule has 1 aromatic rings. The second kappa shape index (κ2) is 4.27. The Morgan fingerprint density at radius 1 is 1.12 bits per heavy atom. The van der Waals surface area contributed by atoms with Crippen LogP contribution in [0.5, 0.6) is 0 Å². The highest BCUT2D eigenvalue weighted by Crippen LogP contribution is 2.39. The van der Waals surface area contributed by atoms with Crippen LogP contribution in [0.4, 0.5) is 0 Å². The minimum atomic E-state index is -0.0133. The SMILES string of the molecule is CC(C)(C)c1nnc(Cl)n1C1(C)CCCCC1. The van der Waals surface area contributed by atoms with E-state index in [1.165, 1.54) is 32.1 Å². The predicted molar refractivity (Wildman–Crippen MR) is 70.5 cm³/mol. The molecule has 0 bridgehead atoms. The van der Waals surface area contributed by atoms with Gasteiger partial charge >= 0.3 is 0 Å². The van der Waals surface area contributed by atoms with Gasteiger partial charge in [0.2, 0.25) is 5.28 Å². The van der Waals surface area contributed by atoms with Crippen molar-refractivity contribution in [1.82, 2.24) is 14.8 Å². The van der Waals surface area contributed by atoms with Gasteiger partial charge in [-0.15, -0.1) is 10.2 Å². The average molecular weight is 256 g/mol. The number of hydrogen-bond donors (Lipinski definition) is 0. The van der Waals surface area contributed by atoms with Crippen molar-refractivity contribution in [2.45, 2.75) is 70.8 Å². The van der Waals surface area contributed by atoms with E-state index in [2.05, 4.69) is 42.5 Å². The zero-order chi connectivity index (χ0) is 12.7. The molecule has 0 unspecified atom stereocenters. The van der Waals surface area contributed by atoms with Gasteiger partial charge in [-0.1, -0.05) is 40.0 Å². The normalized spacial score (nSPS) is 20.5. The van der Waals surface area contributed by atoms with Crippen LogP contribution in [-0.4, -0.2) is 14.8 Å². The monoisotopic (exact) mass is 255 g/mol. The molecule has 0 saturated heterocycles. The molecule has 96 valence electrons. The molecule has 1 fully saturated rings. The van der Waals surface area contributed by atoms with Gasteiger partial charge in [0.25, 0.3) is 0 Å². The first-order valence-electron chi connectivity index (χ1n) is 6.46. The fraction of sp³-hybridized carbons (Fsp3) is 0.846. The highest BCUT2D eigenvalue weighted by molar-refractivity contribution is 6.28. The lowest BCUT2D eigenvalue weighted by Gasteiger charge is -2.38. The molecule has 0 amide bonds. The van der Waals surface area contributed by atoms with Gasteiger partial charge in [0, 0.05) is 11.0 Å². The Morgan fingerprint density at radius 2 is 1.71 bits per heavy atom. The summed E-state index contributed by atoms with van der Waals surface area (Å²) < 4.78 is 2.17. The number of aromatic nitrogens is 3. The summed E-state index contributed by atoms with van der Waals surface area (Å²) in [6, 6.07) is 0. The highest BCUT2D eigenvalue weighted by Gasteiger charge is 2.36. The van der Waals surface area contributed by atoms with E-state index in [1.807, 2.05) is 0 Å². The van der Waals surface area contributed by atoms with Gasteiger partial charge in [-0.05, 0) is 31.4 Å². The van der Waals surface area contributed by atoms with Gasteiger partial charge in [-0.2, -0.15) is 0 Å². The second-order valence-electron chi connectivity index (χ2n) is 6.44. The van der Waals surface area contributed by atoms with Gasteiger partial charge in [0.05, 0.1) is 0 Å². The summed E-state index contributed by atoms with van der Waals surface area (Å²) in [5.74, 6) is 1.01. The van der Waals surface area contributed by atoms with Crippen molar-refractivity contribution < 1.29 is 0 Å². The molecular weight excluding hydrogens is 234 g/mol. The van der Waals surface area contributed by atoms with Crippen LogP contribution in [0.3, 0.4) is 0 Å². The van der Waals surface area contributed by atoms with Crippen LogP contribution < -0.4 is 0 Å². The molecule has 4 heteroatoms. The lowest BCUT2D eigenvalue weighted by atomic mass is 9.82. The van der Waals surface area contributed by atoms with Crippen LogP contribution in [0.1, 0.15) is 65.6 Å². The molecule has 1 heterocycles. The Bertz CT molecular complexity index is 397. The molecule has 0 N–H and O–H groups in total. The molecule has 0 aliphatic heterocycles. The Morgan fingerprint density at radius 3 is 2.24 bits per heavy atom. The topological polar surface area (TPSA) is 30.7 Å². The van der Waals surface area contributed by atoms with E-state index in [0.29, 0.717) is 5.28 Å². The van der Waals surface area contributed by atoms with Crippen molar-refractivity contribution in [3.05, 3.63) is 11.1 Å². The molecule has 0 atom stereocenters. The zero-order valence-corrected chi connectivity index (χ0v) is 12.0. The largest absolute Gasteiger partial charge is 0.295 e. The smallest absolute Gasteiger partial charge is 0.225 e. The van der Waals surface area contributed by atoms with Crippen LogP contribution >= 0.6 is 11.6 Å². The number of halogens is 1. The van der Waals surface area contributed by atoms with Gasteiger partial charge in [0.15, 0.2) is 0 Å². The summed E-state index contributed by atoms with van der Waals surface area (Å²) in [5.41, 5.74) is 0.0854.